The number of piperidine rings is 2. The van der Waals surface area contributed by atoms with Crippen LogP contribution in [0.15, 0.2) is 0 Å². The maximum absolute atomic E-state index is 12.3. The van der Waals surface area contributed by atoms with Gasteiger partial charge in [-0.25, -0.2) is 0 Å². The molecule has 2 aliphatic heterocycles. The van der Waals surface area contributed by atoms with Crippen LogP contribution in [0.1, 0.15) is 38.5 Å². The van der Waals surface area contributed by atoms with Gasteiger partial charge in [0.1, 0.15) is 0 Å². The van der Waals surface area contributed by atoms with Gasteiger partial charge in [0.25, 0.3) is 10.2 Å². The average Bonchev–Trinajstić information content (AvgIpc) is 2.59. The summed E-state index contributed by atoms with van der Waals surface area (Å²) in [5, 5.41) is 2.99. The molecule has 8 heteroatoms. The third-order valence-electron chi connectivity index (χ3n) is 4.94. The average molecular weight is 361 g/mol. The molecule has 0 radical (unpaired) electrons. The molecule has 0 unspecified atom stereocenters. The molecule has 7 nitrogen and oxygen atoms in total. The molecule has 0 aromatic carbocycles. The van der Waals surface area contributed by atoms with Crippen LogP contribution < -0.4 is 5.32 Å². The standard InChI is InChI=1S/C16H32N4O3S/c1-18(2)24(22,23)20-13-6-8-15(14-20)16(21)17-9-7-12-19-10-4-3-5-11-19/h15H,3-14H2,1-2H3,(H,17,21)/t15-/m1/s1. The Morgan fingerprint density at radius 2 is 1.83 bits per heavy atom. The van der Waals surface area contributed by atoms with Crippen LogP contribution in [0.2, 0.25) is 0 Å². The molecule has 0 spiro atoms. The molecule has 2 rings (SSSR count). The monoisotopic (exact) mass is 360 g/mol. The third-order valence-corrected chi connectivity index (χ3v) is 6.85. The number of hydrogen-bond acceptors (Lipinski definition) is 4. The Bertz CT molecular complexity index is 503. The maximum atomic E-state index is 12.3. The van der Waals surface area contributed by atoms with Crippen LogP contribution in [0.5, 0.6) is 0 Å². The molecule has 24 heavy (non-hydrogen) atoms. The molecule has 140 valence electrons. The summed E-state index contributed by atoms with van der Waals surface area (Å²) < 4.78 is 27.0. The van der Waals surface area contributed by atoms with Crippen LogP contribution in [-0.2, 0) is 15.0 Å². The van der Waals surface area contributed by atoms with Gasteiger partial charge in [-0.15, -0.1) is 0 Å². The molecule has 0 bridgehead atoms. The van der Waals surface area contributed by atoms with Crippen molar-refractivity contribution in [1.82, 2.24) is 18.8 Å². The summed E-state index contributed by atoms with van der Waals surface area (Å²) in [6, 6.07) is 0. The number of hydrogen-bond donors (Lipinski definition) is 1. The summed E-state index contributed by atoms with van der Waals surface area (Å²) in [4.78, 5) is 14.8. The fourth-order valence-corrected chi connectivity index (χ4v) is 4.63. The van der Waals surface area contributed by atoms with Crippen molar-refractivity contribution < 1.29 is 13.2 Å². The van der Waals surface area contributed by atoms with E-state index in [2.05, 4.69) is 10.2 Å². The van der Waals surface area contributed by atoms with Crippen molar-refractivity contribution in [2.24, 2.45) is 5.92 Å². The highest BCUT2D eigenvalue weighted by molar-refractivity contribution is 7.86. The molecule has 1 N–H and O–H groups in total. The molecule has 0 aromatic heterocycles. The number of likely N-dealkylation sites (tertiary alicyclic amines) is 1. The molecule has 2 saturated heterocycles. The Morgan fingerprint density at radius 1 is 1.12 bits per heavy atom. The van der Waals surface area contributed by atoms with Crippen molar-refractivity contribution in [2.45, 2.75) is 38.5 Å². The topological polar surface area (TPSA) is 73.0 Å². The van der Waals surface area contributed by atoms with E-state index in [9.17, 15) is 13.2 Å². The third kappa shape index (κ3) is 5.40. The molecule has 2 heterocycles. The van der Waals surface area contributed by atoms with E-state index < -0.39 is 10.2 Å². The lowest BCUT2D eigenvalue weighted by Gasteiger charge is -2.32. The summed E-state index contributed by atoms with van der Waals surface area (Å²) in [6.45, 7) is 4.85. The molecule has 1 atom stereocenters. The van der Waals surface area contributed by atoms with Gasteiger partial charge in [-0.3, -0.25) is 4.79 Å². The normalized spacial score (nSPS) is 24.2. The quantitative estimate of drug-likeness (QED) is 0.671. The zero-order chi connectivity index (χ0) is 17.6. The van der Waals surface area contributed by atoms with Gasteiger partial charge in [0, 0.05) is 33.7 Å². The molecule has 1 amide bonds. The van der Waals surface area contributed by atoms with Gasteiger partial charge in [-0.2, -0.15) is 17.0 Å². The van der Waals surface area contributed by atoms with Gasteiger partial charge in [0.2, 0.25) is 5.91 Å². The van der Waals surface area contributed by atoms with E-state index in [1.165, 1.54) is 55.1 Å². The smallest absolute Gasteiger partial charge is 0.281 e. The predicted octanol–water partition coefficient (Wildman–Crippen LogP) is 0.497. The number of rotatable bonds is 7. The van der Waals surface area contributed by atoms with E-state index in [1.807, 2.05) is 0 Å². The minimum atomic E-state index is -3.43. The summed E-state index contributed by atoms with van der Waals surface area (Å²) >= 11 is 0. The Kier molecular flexibility index (Phi) is 7.46. The van der Waals surface area contributed by atoms with Crippen LogP contribution in [-0.4, -0.2) is 81.2 Å². The second-order valence-corrected chi connectivity index (χ2v) is 9.18. The minimum Gasteiger partial charge on any atom is -0.356 e. The number of nitrogens with zero attached hydrogens (tertiary/aromatic N) is 3. The fourth-order valence-electron chi connectivity index (χ4n) is 3.44. The van der Waals surface area contributed by atoms with Gasteiger partial charge in [0.05, 0.1) is 5.92 Å². The SMILES string of the molecule is CN(C)S(=O)(=O)N1CCC[C@@H](C(=O)NCCCN2CCCCC2)C1. The van der Waals surface area contributed by atoms with Gasteiger partial charge in [-0.1, -0.05) is 6.42 Å². The largest absolute Gasteiger partial charge is 0.356 e. The first kappa shape index (κ1) is 19.6. The van der Waals surface area contributed by atoms with E-state index in [-0.39, 0.29) is 11.8 Å². The highest BCUT2D eigenvalue weighted by Gasteiger charge is 2.33. The van der Waals surface area contributed by atoms with Crippen molar-refractivity contribution in [3.63, 3.8) is 0 Å². The second-order valence-electron chi connectivity index (χ2n) is 7.03. The van der Waals surface area contributed by atoms with Gasteiger partial charge in [0.15, 0.2) is 0 Å². The van der Waals surface area contributed by atoms with Crippen LogP contribution in [0.4, 0.5) is 0 Å². The Hall–Kier alpha value is -0.700. The van der Waals surface area contributed by atoms with Crippen molar-refractivity contribution in [3.05, 3.63) is 0 Å². The van der Waals surface area contributed by atoms with E-state index in [0.29, 0.717) is 19.6 Å². The van der Waals surface area contributed by atoms with Gasteiger partial charge in [-0.05, 0) is 51.7 Å². The summed E-state index contributed by atoms with van der Waals surface area (Å²) in [5.41, 5.74) is 0. The van der Waals surface area contributed by atoms with E-state index in [0.717, 1.165) is 25.8 Å². The van der Waals surface area contributed by atoms with Crippen molar-refractivity contribution >= 4 is 16.1 Å². The molecule has 0 saturated carbocycles. The van der Waals surface area contributed by atoms with Gasteiger partial charge >= 0.3 is 0 Å². The summed E-state index contributed by atoms with van der Waals surface area (Å²) in [7, 11) is -0.371. The second kappa shape index (κ2) is 9.12. The minimum absolute atomic E-state index is 0.00713. The zero-order valence-electron chi connectivity index (χ0n) is 15.0. The van der Waals surface area contributed by atoms with E-state index >= 15 is 0 Å². The van der Waals surface area contributed by atoms with Crippen LogP contribution in [0.25, 0.3) is 0 Å². The molecular formula is C16H32N4O3S. The first-order valence-electron chi connectivity index (χ1n) is 9.09. The number of carbonyl (C=O) groups excluding carboxylic acids is 1. The summed E-state index contributed by atoms with van der Waals surface area (Å²) in [6.07, 6.45) is 6.35. The lowest BCUT2D eigenvalue weighted by molar-refractivity contribution is -0.126. The lowest BCUT2D eigenvalue weighted by Crippen LogP contribution is -2.49. The van der Waals surface area contributed by atoms with Crippen molar-refractivity contribution in [1.29, 1.82) is 0 Å². The summed E-state index contributed by atoms with van der Waals surface area (Å²) in [5.74, 6) is -0.240. The number of carbonyl (C=O) groups is 1. The molecule has 0 aliphatic carbocycles. The fraction of sp³-hybridized carbons (Fsp3) is 0.938. The maximum Gasteiger partial charge on any atom is 0.281 e. The Morgan fingerprint density at radius 3 is 2.50 bits per heavy atom. The zero-order valence-corrected chi connectivity index (χ0v) is 15.9. The number of nitrogens with one attached hydrogen (secondary N) is 1. The first-order valence-corrected chi connectivity index (χ1v) is 10.5. The Balaban J connectivity index is 1.71. The first-order chi connectivity index (χ1) is 11.4. The van der Waals surface area contributed by atoms with Crippen molar-refractivity contribution in [2.75, 3.05) is 53.4 Å². The Labute approximate surface area is 146 Å². The molecule has 0 aromatic rings. The van der Waals surface area contributed by atoms with E-state index in [4.69, 9.17) is 0 Å². The molecule has 2 aliphatic rings. The highest BCUT2D eigenvalue weighted by Crippen LogP contribution is 2.20. The van der Waals surface area contributed by atoms with Crippen LogP contribution >= 0.6 is 0 Å². The molecule has 2 fully saturated rings. The number of amides is 1. The van der Waals surface area contributed by atoms with Crippen LogP contribution in [0, 0.1) is 5.92 Å². The van der Waals surface area contributed by atoms with Crippen molar-refractivity contribution in [3.8, 4) is 0 Å². The predicted molar refractivity (Wildman–Crippen MR) is 94.8 cm³/mol. The van der Waals surface area contributed by atoms with E-state index in [1.54, 1.807) is 0 Å². The lowest BCUT2D eigenvalue weighted by atomic mass is 9.99. The van der Waals surface area contributed by atoms with Crippen LogP contribution in [0.3, 0.4) is 0 Å². The molecular weight excluding hydrogens is 328 g/mol. The van der Waals surface area contributed by atoms with Gasteiger partial charge < -0.3 is 10.2 Å². The highest BCUT2D eigenvalue weighted by atomic mass is 32.2.